The number of benzene rings is 5. The quantitative estimate of drug-likeness (QED) is 0.0277. The number of nitrogens with zero attached hydrogens (tertiary/aromatic N) is 1. The highest BCUT2D eigenvalue weighted by atomic mass is 31.2. The minimum atomic E-state index is -1.75. The fraction of sp³-hybridized carbons (Fsp3) is 0.634. The van der Waals surface area contributed by atoms with Gasteiger partial charge in [0.25, 0.3) is 0 Å². The van der Waals surface area contributed by atoms with Crippen LogP contribution in [-0.4, -0.2) is 36.7 Å². The minimum Gasteiger partial charge on any atom is -0.237 e. The van der Waals surface area contributed by atoms with Crippen molar-refractivity contribution in [1.82, 2.24) is 4.44 Å². The van der Waals surface area contributed by atoms with Crippen molar-refractivity contribution in [2.24, 2.45) is 0 Å². The first-order valence-corrected chi connectivity index (χ1v) is 51.5. The molecule has 0 bridgehead atoms. The molecule has 0 aromatic heterocycles. The van der Waals surface area contributed by atoms with E-state index in [1.165, 1.54) is 246 Å². The van der Waals surface area contributed by atoms with E-state index in [-0.39, 0.29) is 0 Å². The Labute approximate surface area is 558 Å². The lowest BCUT2D eigenvalue weighted by Crippen LogP contribution is -2.48. The zero-order chi connectivity index (χ0) is 63.8. The summed E-state index contributed by atoms with van der Waals surface area (Å²) in [5.74, 6) is 0. The second kappa shape index (κ2) is 40.9. The molecule has 0 saturated carbocycles. The molecule has 0 aliphatic heterocycles. The van der Waals surface area contributed by atoms with Gasteiger partial charge in [-0.3, -0.25) is 0 Å². The molecule has 7 heteroatoms. The van der Waals surface area contributed by atoms with Crippen molar-refractivity contribution in [2.45, 2.75) is 335 Å². The van der Waals surface area contributed by atoms with E-state index in [2.05, 4.69) is 209 Å². The van der Waals surface area contributed by atoms with Gasteiger partial charge < -0.3 is 0 Å². The van der Waals surface area contributed by atoms with Gasteiger partial charge in [0.05, 0.1) is 32.3 Å². The van der Waals surface area contributed by atoms with Gasteiger partial charge in [-0.2, -0.15) is 0 Å². The smallest absolute Gasteiger partial charge is 0.0867 e. The summed E-state index contributed by atoms with van der Waals surface area (Å²) < 4.78 is 3.31. The van der Waals surface area contributed by atoms with Crippen molar-refractivity contribution in [2.75, 3.05) is 0 Å². The number of rotatable bonds is 47. The maximum Gasteiger partial charge on any atom is 0.0867 e. The largest absolute Gasteiger partial charge is 0.237 e. The fourth-order valence-electron chi connectivity index (χ4n) is 16.3. The van der Waals surface area contributed by atoms with Crippen molar-refractivity contribution >= 4 is 90.4 Å². The first-order valence-electron chi connectivity index (χ1n) is 38.4. The van der Waals surface area contributed by atoms with E-state index in [1.54, 1.807) is 53.1 Å². The predicted octanol–water partition coefficient (Wildman–Crippen LogP) is 23.7. The van der Waals surface area contributed by atoms with Crippen molar-refractivity contribution in [1.29, 1.82) is 0 Å². The van der Waals surface area contributed by atoms with Gasteiger partial charge in [-0.05, 0) is 51.6 Å². The Morgan fingerprint density at radius 1 is 0.292 bits per heavy atom. The van der Waals surface area contributed by atoms with Crippen molar-refractivity contribution in [3.8, 4) is 0 Å². The molecule has 1 unspecified atom stereocenters. The van der Waals surface area contributed by atoms with Crippen LogP contribution in [0.4, 0.5) is 0 Å². The predicted molar refractivity (Wildman–Crippen MR) is 420 cm³/mol. The molecule has 0 N–H and O–H groups in total. The topological polar surface area (TPSA) is 3.24 Å². The number of aryl methyl sites for hydroxylation is 1. The molecule has 1 atom stereocenters. The highest BCUT2D eigenvalue weighted by Crippen LogP contribution is 2.61. The average Bonchev–Trinajstić information content (AvgIpc) is 1.30. The lowest BCUT2D eigenvalue weighted by atomic mass is 9.88. The molecule has 5 aromatic carbocycles. The maximum atomic E-state index is 3.31. The highest BCUT2D eigenvalue weighted by Gasteiger charge is 2.43. The van der Waals surface area contributed by atoms with Crippen LogP contribution in [0.15, 0.2) is 121 Å². The standard InChI is InChI=1S/C82H135NP2Si4/c1-13-25-60-86(61-26-14-2,62-27-15-3)77-52-44-73(45-53-77)84(74-46-54-78(55-47-74)87(63-28-16-4,64-29-17-5)65-30-18-6)83(82-43-39-41-72-40-37-38-42-81(72)82)85(75-48-56-79(57-49-75)88(66-31-19-7,67-32-20-8)68-33-21-9)76-50-58-80(59-51-76)89(69-34-22-10,70-35-23-11)71-36-24-12/h37-38,40,42,44-59,82H,13-36,39,41,43,60-71H2,1-12H3. The normalized spacial score (nSPS) is 14.2. The molecule has 89 heavy (non-hydrogen) atoms. The third-order valence-electron chi connectivity index (χ3n) is 22.0. The van der Waals surface area contributed by atoms with Crippen LogP contribution < -0.4 is 42.0 Å². The van der Waals surface area contributed by atoms with E-state index in [1.807, 2.05) is 0 Å². The summed E-state index contributed by atoms with van der Waals surface area (Å²) in [6.07, 6.45) is 35.7. The van der Waals surface area contributed by atoms with E-state index in [9.17, 15) is 0 Å². The van der Waals surface area contributed by atoms with E-state index in [4.69, 9.17) is 0 Å². The number of hydrogen-bond acceptors (Lipinski definition) is 1. The van der Waals surface area contributed by atoms with Gasteiger partial charge >= 0.3 is 0 Å². The second-order valence-electron chi connectivity index (χ2n) is 28.6. The van der Waals surface area contributed by atoms with E-state index >= 15 is 0 Å². The molecular weight excluding hydrogens is 1170 g/mol. The van der Waals surface area contributed by atoms with Crippen LogP contribution in [0.5, 0.6) is 0 Å². The summed E-state index contributed by atoms with van der Waals surface area (Å²) in [6.45, 7) is 29.3. The molecule has 5 aromatic rings. The van der Waals surface area contributed by atoms with Gasteiger partial charge in [0.1, 0.15) is 0 Å². The van der Waals surface area contributed by atoms with Gasteiger partial charge in [0.2, 0.25) is 0 Å². The van der Waals surface area contributed by atoms with Crippen LogP contribution in [0, 0.1) is 0 Å². The first kappa shape index (κ1) is 75.8. The van der Waals surface area contributed by atoms with Crippen molar-refractivity contribution in [3.63, 3.8) is 0 Å². The summed E-state index contributed by atoms with van der Waals surface area (Å²) in [7, 11) is -9.03. The molecule has 0 saturated heterocycles. The molecule has 0 fully saturated rings. The van der Waals surface area contributed by atoms with Gasteiger partial charge in [0.15, 0.2) is 0 Å². The Bertz CT molecular complexity index is 2260. The van der Waals surface area contributed by atoms with E-state index in [0.29, 0.717) is 6.04 Å². The monoisotopic (exact) mass is 1310 g/mol. The molecule has 0 spiro atoms. The lowest BCUT2D eigenvalue weighted by molar-refractivity contribution is 0.442. The third-order valence-corrected chi connectivity index (χ3v) is 49.6. The summed E-state index contributed by atoms with van der Waals surface area (Å²) >= 11 is 0. The van der Waals surface area contributed by atoms with E-state index < -0.39 is 48.4 Å². The molecule has 6 rings (SSSR count). The number of fused-ring (bicyclic) bond motifs is 1. The fourth-order valence-corrected chi connectivity index (χ4v) is 44.9. The Morgan fingerprint density at radius 2 is 0.506 bits per heavy atom. The van der Waals surface area contributed by atoms with Crippen LogP contribution >= 0.6 is 16.1 Å². The van der Waals surface area contributed by atoms with Crippen LogP contribution in [0.25, 0.3) is 0 Å². The zero-order valence-corrected chi connectivity index (χ0v) is 65.8. The summed E-state index contributed by atoms with van der Waals surface area (Å²) in [6, 6.07) is 71.7. The van der Waals surface area contributed by atoms with E-state index in [0.717, 1.165) is 0 Å². The number of hydrogen-bond donors (Lipinski definition) is 0. The Hall–Kier alpha value is -2.21. The van der Waals surface area contributed by atoms with Crippen molar-refractivity contribution in [3.05, 3.63) is 132 Å². The molecule has 0 amide bonds. The average molecular weight is 1310 g/mol. The Morgan fingerprint density at radius 3 is 0.719 bits per heavy atom. The van der Waals surface area contributed by atoms with Crippen molar-refractivity contribution < 1.29 is 0 Å². The highest BCUT2D eigenvalue weighted by molar-refractivity contribution is 7.84. The van der Waals surface area contributed by atoms with Gasteiger partial charge in [-0.1, -0.05) is 452 Å². The molecule has 0 radical (unpaired) electrons. The third kappa shape index (κ3) is 20.6. The SMILES string of the molecule is CCCC[Si](CCCC)(CCCC)c1ccc(P(c2ccc([Si](CCCC)(CCCC)CCCC)cc2)N(C2CCCc3ccccc32)P(c2ccc([Si](CCCC)(CCCC)CCCC)cc2)c2ccc([Si](CCCC)(CCCC)CCCC)cc2)cc1. The number of unbranched alkanes of at least 4 members (excludes halogenated alkanes) is 12. The molecule has 0 heterocycles. The lowest BCUT2D eigenvalue weighted by Gasteiger charge is -2.46. The van der Waals surface area contributed by atoms with Gasteiger partial charge in [-0.15, -0.1) is 0 Å². The Balaban J connectivity index is 1.75. The molecule has 1 aliphatic rings. The minimum absolute atomic E-state index is 0.300. The van der Waals surface area contributed by atoms with Gasteiger partial charge in [0, 0.05) is 22.2 Å². The Kier molecular flexibility index (Phi) is 34.8. The summed E-state index contributed by atoms with van der Waals surface area (Å²) in [4.78, 5) is 0. The summed E-state index contributed by atoms with van der Waals surface area (Å²) in [5.41, 5.74) is 3.19. The van der Waals surface area contributed by atoms with Crippen LogP contribution in [-0.2, 0) is 6.42 Å². The van der Waals surface area contributed by atoms with Crippen LogP contribution in [0.1, 0.15) is 267 Å². The molecule has 1 aliphatic carbocycles. The molecular formula is C82H135NP2Si4. The second-order valence-corrected chi connectivity index (χ2v) is 51.6. The van der Waals surface area contributed by atoms with Crippen LogP contribution in [0.3, 0.4) is 0 Å². The molecule has 1 nitrogen and oxygen atoms in total. The maximum absolute atomic E-state index is 3.31. The van der Waals surface area contributed by atoms with Crippen LogP contribution in [0.2, 0.25) is 72.5 Å². The zero-order valence-electron chi connectivity index (χ0n) is 60.0. The van der Waals surface area contributed by atoms with Gasteiger partial charge in [-0.25, -0.2) is 4.44 Å². The first-order chi connectivity index (χ1) is 43.5. The summed E-state index contributed by atoms with van der Waals surface area (Å²) in [5, 5.41) is 13.3. The molecule has 494 valence electrons.